The number of methoxy groups -OCH3 is 1. The standard InChI is InChI=1S/C23H26N4O2/c1-13(12-27(3)4)25-23(28)22-18-11-19-17-10-15(29-5)6-7-20(17)26-21(19)14(2)16(18)8-9-24-22/h6-11,13,26H,12H2,1-5H3,(H,25,28)/t13-/m1/s1. The van der Waals surface area contributed by atoms with Gasteiger partial charge in [0, 0.05) is 40.5 Å². The van der Waals surface area contributed by atoms with E-state index in [9.17, 15) is 4.79 Å². The van der Waals surface area contributed by atoms with E-state index < -0.39 is 0 Å². The number of hydrogen-bond donors (Lipinski definition) is 2. The number of ether oxygens (including phenoxy) is 1. The van der Waals surface area contributed by atoms with Crippen molar-refractivity contribution < 1.29 is 9.53 Å². The molecule has 0 aliphatic heterocycles. The molecule has 29 heavy (non-hydrogen) atoms. The van der Waals surface area contributed by atoms with Gasteiger partial charge in [-0.25, -0.2) is 0 Å². The van der Waals surface area contributed by atoms with Gasteiger partial charge in [-0.1, -0.05) is 0 Å². The van der Waals surface area contributed by atoms with E-state index in [1.54, 1.807) is 13.3 Å². The summed E-state index contributed by atoms with van der Waals surface area (Å²) in [5.41, 5.74) is 3.66. The molecular formula is C23H26N4O2. The highest BCUT2D eigenvalue weighted by Gasteiger charge is 2.18. The van der Waals surface area contributed by atoms with E-state index in [2.05, 4.69) is 33.2 Å². The second-order valence-corrected chi connectivity index (χ2v) is 7.85. The maximum Gasteiger partial charge on any atom is 0.270 e. The van der Waals surface area contributed by atoms with Crippen LogP contribution in [-0.2, 0) is 0 Å². The summed E-state index contributed by atoms with van der Waals surface area (Å²) in [4.78, 5) is 23.0. The number of nitrogens with zero attached hydrogens (tertiary/aromatic N) is 2. The Hall–Kier alpha value is -3.12. The van der Waals surface area contributed by atoms with Gasteiger partial charge in [-0.2, -0.15) is 0 Å². The third-order valence-corrected chi connectivity index (χ3v) is 5.34. The number of rotatable bonds is 5. The number of H-pyrrole nitrogens is 1. The Morgan fingerprint density at radius 1 is 1.17 bits per heavy atom. The fraction of sp³-hybridized carbons (Fsp3) is 0.304. The van der Waals surface area contributed by atoms with Crippen molar-refractivity contribution in [1.29, 1.82) is 0 Å². The molecule has 0 bridgehead atoms. The molecule has 4 aromatic rings. The van der Waals surface area contributed by atoms with Gasteiger partial charge in [-0.3, -0.25) is 9.78 Å². The van der Waals surface area contributed by atoms with Crippen LogP contribution in [0.2, 0.25) is 0 Å². The van der Waals surface area contributed by atoms with Gasteiger partial charge in [0.05, 0.1) is 12.6 Å². The zero-order valence-corrected chi connectivity index (χ0v) is 17.5. The first kappa shape index (κ1) is 19.2. The molecule has 0 aliphatic rings. The molecule has 1 amide bonds. The number of likely N-dealkylation sites (N-methyl/N-ethyl adjacent to an activating group) is 1. The molecule has 0 radical (unpaired) electrons. The monoisotopic (exact) mass is 390 g/mol. The van der Waals surface area contributed by atoms with Crippen LogP contribution in [0.1, 0.15) is 23.0 Å². The first-order chi connectivity index (χ1) is 13.9. The van der Waals surface area contributed by atoms with Gasteiger partial charge >= 0.3 is 0 Å². The van der Waals surface area contributed by atoms with Gasteiger partial charge in [0.1, 0.15) is 11.4 Å². The molecule has 6 heteroatoms. The lowest BCUT2D eigenvalue weighted by Gasteiger charge is -2.18. The van der Waals surface area contributed by atoms with Crippen molar-refractivity contribution in [2.75, 3.05) is 27.7 Å². The SMILES string of the molecule is COc1ccc2[nH]c3c(C)c4ccnc(C(=O)N[C@H](C)CN(C)C)c4cc3c2c1. The fourth-order valence-corrected chi connectivity index (χ4v) is 4.06. The average Bonchev–Trinajstić information content (AvgIpc) is 3.05. The minimum Gasteiger partial charge on any atom is -0.497 e. The minimum absolute atomic E-state index is 0.0248. The van der Waals surface area contributed by atoms with Crippen molar-refractivity contribution in [1.82, 2.24) is 20.2 Å². The maximum atomic E-state index is 13.0. The molecule has 0 saturated heterocycles. The average molecular weight is 390 g/mol. The van der Waals surface area contributed by atoms with Crippen molar-refractivity contribution in [3.05, 3.63) is 47.8 Å². The van der Waals surface area contributed by atoms with Crippen LogP contribution in [0.15, 0.2) is 36.5 Å². The molecular weight excluding hydrogens is 364 g/mol. The molecule has 0 unspecified atom stereocenters. The summed E-state index contributed by atoms with van der Waals surface area (Å²) in [5, 5.41) is 7.08. The highest BCUT2D eigenvalue weighted by Crippen LogP contribution is 2.35. The minimum atomic E-state index is -0.152. The first-order valence-electron chi connectivity index (χ1n) is 9.72. The van der Waals surface area contributed by atoms with E-state index in [1.807, 2.05) is 45.3 Å². The Kier molecular flexibility index (Phi) is 4.88. The predicted octanol–water partition coefficient (Wildman–Crippen LogP) is 3.87. The number of aromatic amines is 1. The lowest BCUT2D eigenvalue weighted by Crippen LogP contribution is -2.39. The molecule has 0 fully saturated rings. The summed E-state index contributed by atoms with van der Waals surface area (Å²) in [5.74, 6) is 0.652. The number of pyridine rings is 1. The molecule has 0 saturated carbocycles. The van der Waals surface area contributed by atoms with Gasteiger partial charge < -0.3 is 19.9 Å². The van der Waals surface area contributed by atoms with Gasteiger partial charge in [0.15, 0.2) is 0 Å². The predicted molar refractivity (Wildman–Crippen MR) is 118 cm³/mol. The number of carbonyl (C=O) groups excluding carboxylic acids is 1. The quantitative estimate of drug-likeness (QED) is 0.543. The highest BCUT2D eigenvalue weighted by molar-refractivity contribution is 6.17. The molecule has 2 aromatic heterocycles. The largest absolute Gasteiger partial charge is 0.497 e. The van der Waals surface area contributed by atoms with E-state index >= 15 is 0 Å². The van der Waals surface area contributed by atoms with Crippen LogP contribution in [-0.4, -0.2) is 54.6 Å². The summed E-state index contributed by atoms with van der Waals surface area (Å²) in [6.45, 7) is 4.84. The molecule has 0 spiro atoms. The Labute approximate surface area is 169 Å². The van der Waals surface area contributed by atoms with Crippen LogP contribution in [0, 0.1) is 6.92 Å². The Balaban J connectivity index is 1.89. The van der Waals surface area contributed by atoms with Crippen molar-refractivity contribution in [3.8, 4) is 5.75 Å². The van der Waals surface area contributed by atoms with Crippen molar-refractivity contribution >= 4 is 38.5 Å². The smallest absolute Gasteiger partial charge is 0.270 e. The van der Waals surface area contributed by atoms with Crippen LogP contribution in [0.5, 0.6) is 5.75 Å². The molecule has 2 heterocycles. The topological polar surface area (TPSA) is 70.2 Å². The number of aromatic nitrogens is 2. The van der Waals surface area contributed by atoms with Crippen molar-refractivity contribution in [2.24, 2.45) is 0 Å². The lowest BCUT2D eigenvalue weighted by molar-refractivity contribution is 0.0931. The third kappa shape index (κ3) is 3.40. The number of aryl methyl sites for hydroxylation is 1. The molecule has 150 valence electrons. The molecule has 0 aliphatic carbocycles. The zero-order chi connectivity index (χ0) is 20.7. The Morgan fingerprint density at radius 2 is 1.97 bits per heavy atom. The maximum absolute atomic E-state index is 13.0. The van der Waals surface area contributed by atoms with E-state index in [0.29, 0.717) is 5.69 Å². The zero-order valence-electron chi connectivity index (χ0n) is 17.5. The number of benzene rings is 2. The molecule has 2 aromatic carbocycles. The van der Waals surface area contributed by atoms with Crippen LogP contribution in [0.4, 0.5) is 0 Å². The van der Waals surface area contributed by atoms with E-state index in [0.717, 1.165) is 50.4 Å². The van der Waals surface area contributed by atoms with Crippen LogP contribution in [0.3, 0.4) is 0 Å². The molecule has 2 N–H and O–H groups in total. The second-order valence-electron chi connectivity index (χ2n) is 7.85. The highest BCUT2D eigenvalue weighted by atomic mass is 16.5. The van der Waals surface area contributed by atoms with Gasteiger partial charge in [0.25, 0.3) is 5.91 Å². The summed E-state index contributed by atoms with van der Waals surface area (Å²) in [7, 11) is 5.65. The molecule has 1 atom stereocenters. The van der Waals surface area contributed by atoms with E-state index in [1.165, 1.54) is 0 Å². The molecule has 6 nitrogen and oxygen atoms in total. The Bertz CT molecular complexity index is 1230. The van der Waals surface area contributed by atoms with Crippen molar-refractivity contribution in [3.63, 3.8) is 0 Å². The third-order valence-electron chi connectivity index (χ3n) is 5.34. The summed E-state index contributed by atoms with van der Waals surface area (Å²) in [6.07, 6.45) is 1.71. The molecule has 4 rings (SSSR count). The Morgan fingerprint density at radius 3 is 2.69 bits per heavy atom. The van der Waals surface area contributed by atoms with Crippen LogP contribution >= 0.6 is 0 Å². The number of carbonyl (C=O) groups is 1. The van der Waals surface area contributed by atoms with Crippen LogP contribution in [0.25, 0.3) is 32.6 Å². The summed E-state index contributed by atoms with van der Waals surface area (Å²) < 4.78 is 5.40. The number of nitrogens with one attached hydrogen (secondary N) is 2. The summed E-state index contributed by atoms with van der Waals surface area (Å²) >= 11 is 0. The first-order valence-corrected chi connectivity index (χ1v) is 9.72. The van der Waals surface area contributed by atoms with E-state index in [-0.39, 0.29) is 11.9 Å². The van der Waals surface area contributed by atoms with E-state index in [4.69, 9.17) is 4.74 Å². The van der Waals surface area contributed by atoms with Gasteiger partial charge in [-0.05, 0) is 69.2 Å². The number of hydrogen-bond acceptors (Lipinski definition) is 4. The fourth-order valence-electron chi connectivity index (χ4n) is 4.06. The number of fused-ring (bicyclic) bond motifs is 4. The number of amides is 1. The lowest BCUT2D eigenvalue weighted by atomic mass is 10.00. The van der Waals surface area contributed by atoms with Gasteiger partial charge in [0.2, 0.25) is 0 Å². The van der Waals surface area contributed by atoms with Crippen molar-refractivity contribution in [2.45, 2.75) is 19.9 Å². The van der Waals surface area contributed by atoms with Gasteiger partial charge in [-0.15, -0.1) is 0 Å². The summed E-state index contributed by atoms with van der Waals surface area (Å²) in [6, 6.07) is 10.0. The normalized spacial score (nSPS) is 12.8. The van der Waals surface area contributed by atoms with Crippen LogP contribution < -0.4 is 10.1 Å². The second kappa shape index (κ2) is 7.37.